The molecule has 14 nitrogen and oxygen atoms in total. The van der Waals surface area contributed by atoms with Gasteiger partial charge in [-0.2, -0.15) is 0 Å². The summed E-state index contributed by atoms with van der Waals surface area (Å²) in [5.74, 6) is 1.68. The number of aromatic hydroxyl groups is 1. The number of hydrogen-bond donors (Lipinski definition) is 1. The quantitative estimate of drug-likeness (QED) is 0.0534. The van der Waals surface area contributed by atoms with Crippen LogP contribution in [0.15, 0.2) is 60.7 Å². The molecule has 0 radical (unpaired) electrons. The molecule has 2 heterocycles. The number of phenols is 1. The van der Waals surface area contributed by atoms with Crippen molar-refractivity contribution in [2.45, 2.75) is 13.8 Å². The SMILES string of the molecule is COCBr.COCOc1ccc(/C=C/c2nc3cc(C)c([N+](=O)[O-])cc3s2)cc1OC.COc1cc(/C=C/c2nc3cc(C)c([N+](=O)[O-])cc3s2)ccc1O. The number of halogens is 1. The Labute approximate surface area is 332 Å². The van der Waals surface area contributed by atoms with Crippen molar-refractivity contribution >= 4 is 94.7 Å². The number of thiazole rings is 2. The van der Waals surface area contributed by atoms with Crippen LogP contribution in [0.3, 0.4) is 0 Å². The van der Waals surface area contributed by atoms with Crippen molar-refractivity contribution in [2.24, 2.45) is 0 Å². The van der Waals surface area contributed by atoms with E-state index in [0.717, 1.165) is 41.6 Å². The lowest BCUT2D eigenvalue weighted by atomic mass is 10.2. The molecular formula is C38H37BrN4O10S2. The van der Waals surface area contributed by atoms with Crippen LogP contribution in [0.2, 0.25) is 0 Å². The standard InChI is InChI=1S/C19H18N2O5S.C17H14N2O4S.C2H5BrO/c1-12-8-14-18(10-15(12)21(22)23)27-19(20-14)7-5-13-4-6-16(26-11-24-2)17(9-13)25-3;1-10-7-12-16(9-13(10)19(21)22)24-17(18-12)6-4-11-3-5-14(20)15(8-11)23-2;1-4-2-3/h4-10H,11H2,1-3H3;3-9,20H,1-2H3;2H2,1H3/b7-5+;6-4+;. The van der Waals surface area contributed by atoms with Crippen molar-refractivity contribution in [2.75, 3.05) is 40.7 Å². The molecule has 0 amide bonds. The van der Waals surface area contributed by atoms with Gasteiger partial charge in [0, 0.05) is 37.5 Å². The molecule has 0 bridgehead atoms. The Kier molecular flexibility index (Phi) is 15.6. The first-order chi connectivity index (χ1) is 26.4. The number of alkyl halides is 1. The van der Waals surface area contributed by atoms with E-state index in [1.807, 2.05) is 42.5 Å². The molecule has 288 valence electrons. The summed E-state index contributed by atoms with van der Waals surface area (Å²) in [5, 5.41) is 33.2. The van der Waals surface area contributed by atoms with E-state index >= 15 is 0 Å². The van der Waals surface area contributed by atoms with Crippen LogP contribution in [0.25, 0.3) is 44.7 Å². The summed E-state index contributed by atoms with van der Waals surface area (Å²) >= 11 is 5.82. The summed E-state index contributed by atoms with van der Waals surface area (Å²) in [6.07, 6.45) is 7.45. The molecule has 4 aromatic carbocycles. The van der Waals surface area contributed by atoms with Crippen LogP contribution in [0.1, 0.15) is 32.3 Å². The van der Waals surface area contributed by atoms with Crippen molar-refractivity contribution in [3.63, 3.8) is 0 Å². The van der Waals surface area contributed by atoms with Crippen molar-refractivity contribution in [1.29, 1.82) is 0 Å². The molecular weight excluding hydrogens is 816 g/mol. The van der Waals surface area contributed by atoms with E-state index < -0.39 is 0 Å². The first kappa shape index (κ1) is 42.3. The Morgan fingerprint density at radius 3 is 1.60 bits per heavy atom. The van der Waals surface area contributed by atoms with Gasteiger partial charge in [0.1, 0.15) is 15.5 Å². The highest BCUT2D eigenvalue weighted by Gasteiger charge is 2.15. The van der Waals surface area contributed by atoms with E-state index in [-0.39, 0.29) is 33.8 Å². The average Bonchev–Trinajstić information content (AvgIpc) is 3.77. The fourth-order valence-electron chi connectivity index (χ4n) is 4.87. The third kappa shape index (κ3) is 11.5. The second kappa shape index (κ2) is 20.3. The first-order valence-corrected chi connectivity index (χ1v) is 18.9. The molecule has 1 N–H and O–H groups in total. The smallest absolute Gasteiger partial charge is 0.273 e. The fraction of sp³-hybridized carbons (Fsp3) is 0.211. The highest BCUT2D eigenvalue weighted by molar-refractivity contribution is 9.09. The summed E-state index contributed by atoms with van der Waals surface area (Å²) in [6, 6.07) is 17.2. The van der Waals surface area contributed by atoms with Crippen LogP contribution in [0, 0.1) is 34.1 Å². The lowest BCUT2D eigenvalue weighted by molar-refractivity contribution is -0.385. The van der Waals surface area contributed by atoms with Crippen LogP contribution in [0.4, 0.5) is 11.4 Å². The monoisotopic (exact) mass is 852 g/mol. The first-order valence-electron chi connectivity index (χ1n) is 16.1. The van der Waals surface area contributed by atoms with E-state index in [1.54, 1.807) is 77.6 Å². The topological polar surface area (TPSA) is 178 Å². The fourth-order valence-corrected chi connectivity index (χ4v) is 6.64. The molecule has 0 aliphatic heterocycles. The molecule has 0 spiro atoms. The van der Waals surface area contributed by atoms with Crippen LogP contribution >= 0.6 is 38.6 Å². The second-order valence-electron chi connectivity index (χ2n) is 11.3. The number of phenolic OH excluding ortho intramolecular Hbond substituents is 1. The second-order valence-corrected chi connectivity index (χ2v) is 13.9. The van der Waals surface area contributed by atoms with Crippen LogP contribution in [-0.4, -0.2) is 65.7 Å². The van der Waals surface area contributed by atoms with Crippen molar-refractivity contribution in [3.8, 4) is 23.0 Å². The van der Waals surface area contributed by atoms with E-state index in [1.165, 1.54) is 29.8 Å². The van der Waals surface area contributed by atoms with Crippen LogP contribution < -0.4 is 14.2 Å². The van der Waals surface area contributed by atoms with Crippen molar-refractivity contribution in [3.05, 3.63) is 113 Å². The number of nitro groups is 2. The maximum atomic E-state index is 11.1. The van der Waals surface area contributed by atoms with Gasteiger partial charge in [0.2, 0.25) is 0 Å². The Balaban J connectivity index is 0.000000224. The van der Waals surface area contributed by atoms with Crippen LogP contribution in [0.5, 0.6) is 23.0 Å². The van der Waals surface area contributed by atoms with Crippen molar-refractivity contribution < 1.29 is 38.6 Å². The van der Waals surface area contributed by atoms with E-state index in [9.17, 15) is 25.3 Å². The van der Waals surface area contributed by atoms with E-state index in [2.05, 4.69) is 30.6 Å². The van der Waals surface area contributed by atoms with Gasteiger partial charge in [-0.3, -0.25) is 20.2 Å². The van der Waals surface area contributed by atoms with E-state index in [4.69, 9.17) is 18.9 Å². The zero-order valence-corrected chi connectivity index (χ0v) is 33.8. The number of aryl methyl sites for hydroxylation is 2. The van der Waals surface area contributed by atoms with Gasteiger partial charge in [0.15, 0.2) is 29.8 Å². The molecule has 0 aliphatic carbocycles. The molecule has 0 unspecified atom stereocenters. The van der Waals surface area contributed by atoms with Gasteiger partial charge in [0.05, 0.1) is 44.5 Å². The maximum absolute atomic E-state index is 11.1. The molecule has 2 aromatic heterocycles. The number of nitro benzene ring substituents is 2. The molecule has 55 heavy (non-hydrogen) atoms. The Morgan fingerprint density at radius 1 is 0.691 bits per heavy atom. The number of hydrogen-bond acceptors (Lipinski definition) is 14. The number of fused-ring (bicyclic) bond motifs is 2. The molecule has 0 aliphatic rings. The summed E-state index contributed by atoms with van der Waals surface area (Å²) in [5.41, 5.74) is 5.30. The van der Waals surface area contributed by atoms with Gasteiger partial charge in [-0.05, 0) is 73.5 Å². The molecule has 6 rings (SSSR count). The number of nitrogens with zero attached hydrogens (tertiary/aromatic N) is 4. The third-order valence-corrected chi connectivity index (χ3v) is 9.93. The third-order valence-electron chi connectivity index (χ3n) is 7.51. The van der Waals surface area contributed by atoms with Gasteiger partial charge < -0.3 is 28.8 Å². The molecule has 0 atom stereocenters. The zero-order valence-electron chi connectivity index (χ0n) is 30.6. The summed E-state index contributed by atoms with van der Waals surface area (Å²) < 4.78 is 26.8. The average molecular weight is 854 g/mol. The lowest BCUT2D eigenvalue weighted by Crippen LogP contribution is -2.00. The van der Waals surface area contributed by atoms with Crippen LogP contribution in [-0.2, 0) is 9.47 Å². The Hall–Kier alpha value is -5.46. The number of benzene rings is 4. The van der Waals surface area contributed by atoms with Gasteiger partial charge in [-0.1, -0.05) is 40.2 Å². The summed E-state index contributed by atoms with van der Waals surface area (Å²) in [7, 11) is 6.25. The number of rotatable bonds is 12. The predicted molar refractivity (Wildman–Crippen MR) is 221 cm³/mol. The number of methoxy groups -OCH3 is 4. The minimum absolute atomic E-state index is 0.0809. The van der Waals surface area contributed by atoms with Crippen molar-refractivity contribution in [1.82, 2.24) is 9.97 Å². The van der Waals surface area contributed by atoms with Gasteiger partial charge >= 0.3 is 0 Å². The molecule has 0 fully saturated rings. The number of ether oxygens (including phenoxy) is 5. The summed E-state index contributed by atoms with van der Waals surface area (Å²) in [4.78, 5) is 30.3. The molecule has 0 saturated heterocycles. The van der Waals surface area contributed by atoms with Gasteiger partial charge in [-0.15, -0.1) is 22.7 Å². The van der Waals surface area contributed by atoms with Gasteiger partial charge in [0.25, 0.3) is 11.4 Å². The lowest BCUT2D eigenvalue weighted by Gasteiger charge is -2.10. The minimum Gasteiger partial charge on any atom is -0.504 e. The van der Waals surface area contributed by atoms with E-state index in [0.29, 0.717) is 33.9 Å². The maximum Gasteiger partial charge on any atom is 0.273 e. The molecule has 6 aromatic rings. The van der Waals surface area contributed by atoms with Gasteiger partial charge in [-0.25, -0.2) is 9.97 Å². The normalized spacial score (nSPS) is 11.0. The largest absolute Gasteiger partial charge is 0.504 e. The molecule has 0 saturated carbocycles. The Bertz CT molecular complexity index is 2340. The Morgan fingerprint density at radius 2 is 1.16 bits per heavy atom. The summed E-state index contributed by atoms with van der Waals surface area (Å²) in [6.45, 7) is 3.56. The predicted octanol–water partition coefficient (Wildman–Crippen LogP) is 10.1. The minimum atomic E-state index is -0.382. The highest BCUT2D eigenvalue weighted by atomic mass is 79.9. The highest BCUT2D eigenvalue weighted by Crippen LogP contribution is 2.33. The zero-order chi connectivity index (χ0) is 40.1. The molecule has 17 heteroatoms. The number of aromatic nitrogens is 2.